The van der Waals surface area contributed by atoms with Gasteiger partial charge in [0.15, 0.2) is 0 Å². The van der Waals surface area contributed by atoms with Gasteiger partial charge in [0, 0.05) is 5.75 Å². The average molecular weight is 290 g/mol. The molecule has 0 aromatic rings. The maximum Gasteiger partial charge on any atom is 0.306 e. The van der Waals surface area contributed by atoms with E-state index >= 15 is 0 Å². The highest BCUT2D eigenvalue weighted by Crippen LogP contribution is 2.39. The van der Waals surface area contributed by atoms with Crippen molar-refractivity contribution in [2.45, 2.75) is 46.5 Å². The molecule has 19 heavy (non-hydrogen) atoms. The van der Waals surface area contributed by atoms with Gasteiger partial charge in [-0.3, -0.25) is 4.79 Å². The first-order valence-corrected chi connectivity index (χ1v) is 9.02. The lowest BCUT2D eigenvalue weighted by Crippen LogP contribution is -2.33. The van der Waals surface area contributed by atoms with Crippen molar-refractivity contribution in [3.63, 3.8) is 0 Å². The highest BCUT2D eigenvalue weighted by molar-refractivity contribution is 7.91. The van der Waals surface area contributed by atoms with Crippen LogP contribution in [0.2, 0.25) is 0 Å². The zero-order chi connectivity index (χ0) is 14.6. The van der Waals surface area contributed by atoms with Gasteiger partial charge in [0.1, 0.15) is 9.84 Å². The van der Waals surface area contributed by atoms with Crippen LogP contribution in [0.5, 0.6) is 0 Å². The zero-order valence-electron chi connectivity index (χ0n) is 12.1. The summed E-state index contributed by atoms with van der Waals surface area (Å²) in [5.74, 6) is 0.237. The molecule has 5 heteroatoms. The van der Waals surface area contributed by atoms with E-state index in [1.165, 1.54) is 0 Å². The minimum Gasteiger partial charge on any atom is -0.481 e. The summed E-state index contributed by atoms with van der Waals surface area (Å²) in [5.41, 5.74) is 0. The first kappa shape index (κ1) is 16.5. The third-order valence-electron chi connectivity index (χ3n) is 4.52. The quantitative estimate of drug-likeness (QED) is 0.816. The Morgan fingerprint density at radius 2 is 1.95 bits per heavy atom. The summed E-state index contributed by atoms with van der Waals surface area (Å²) >= 11 is 0. The lowest BCUT2D eigenvalue weighted by molar-refractivity contribution is -0.145. The third-order valence-corrected chi connectivity index (χ3v) is 6.26. The van der Waals surface area contributed by atoms with Crippen LogP contribution in [-0.2, 0) is 14.6 Å². The molecule has 0 aromatic carbocycles. The Morgan fingerprint density at radius 1 is 1.32 bits per heavy atom. The van der Waals surface area contributed by atoms with Gasteiger partial charge in [-0.1, -0.05) is 20.8 Å². The van der Waals surface area contributed by atoms with Crippen LogP contribution >= 0.6 is 0 Å². The van der Waals surface area contributed by atoms with E-state index in [0.29, 0.717) is 24.7 Å². The van der Waals surface area contributed by atoms with Crippen molar-refractivity contribution in [1.82, 2.24) is 0 Å². The molecule has 4 nitrogen and oxygen atoms in total. The van der Waals surface area contributed by atoms with Crippen molar-refractivity contribution < 1.29 is 18.3 Å². The van der Waals surface area contributed by atoms with Crippen LogP contribution in [-0.4, -0.2) is 31.0 Å². The van der Waals surface area contributed by atoms with E-state index in [1.54, 1.807) is 6.92 Å². The molecule has 0 aromatic heterocycles. The summed E-state index contributed by atoms with van der Waals surface area (Å²) in [6.07, 6.45) is 2.99. The van der Waals surface area contributed by atoms with Gasteiger partial charge in [-0.05, 0) is 43.4 Å². The van der Waals surface area contributed by atoms with Gasteiger partial charge in [-0.15, -0.1) is 0 Å². The van der Waals surface area contributed by atoms with Crippen LogP contribution in [0.15, 0.2) is 0 Å². The Labute approximate surface area is 116 Å². The maximum absolute atomic E-state index is 11.6. The zero-order valence-corrected chi connectivity index (χ0v) is 12.9. The van der Waals surface area contributed by atoms with E-state index in [1.807, 2.05) is 0 Å². The molecule has 0 bridgehead atoms. The lowest BCUT2D eigenvalue weighted by Gasteiger charge is -2.35. The second kappa shape index (κ2) is 6.73. The molecule has 0 heterocycles. The highest BCUT2D eigenvalue weighted by atomic mass is 32.2. The van der Waals surface area contributed by atoms with E-state index < -0.39 is 15.8 Å². The molecular formula is C14H26O4S. The van der Waals surface area contributed by atoms with Crippen molar-refractivity contribution in [2.75, 3.05) is 11.5 Å². The molecule has 0 saturated heterocycles. The number of sulfone groups is 1. The maximum atomic E-state index is 11.6. The first-order valence-electron chi connectivity index (χ1n) is 7.20. The van der Waals surface area contributed by atoms with E-state index in [9.17, 15) is 18.3 Å². The van der Waals surface area contributed by atoms with E-state index in [2.05, 4.69) is 13.8 Å². The predicted octanol–water partition coefficient (Wildman–Crippen LogP) is 2.58. The molecule has 1 N–H and O–H groups in total. The van der Waals surface area contributed by atoms with E-state index in [4.69, 9.17) is 0 Å². The van der Waals surface area contributed by atoms with Gasteiger partial charge in [-0.25, -0.2) is 8.42 Å². The van der Waals surface area contributed by atoms with Crippen molar-refractivity contribution in [3.8, 4) is 0 Å². The molecule has 3 atom stereocenters. The van der Waals surface area contributed by atoms with Gasteiger partial charge < -0.3 is 5.11 Å². The Kier molecular flexibility index (Phi) is 5.83. The van der Waals surface area contributed by atoms with E-state index in [-0.39, 0.29) is 23.3 Å². The molecule has 1 rings (SSSR count). The number of hydrogen-bond donors (Lipinski definition) is 1. The number of rotatable bonds is 6. The third kappa shape index (κ3) is 4.79. The molecule has 112 valence electrons. The van der Waals surface area contributed by atoms with Crippen molar-refractivity contribution in [2.24, 2.45) is 23.7 Å². The fourth-order valence-corrected chi connectivity index (χ4v) is 3.98. The smallest absolute Gasteiger partial charge is 0.306 e. The minimum atomic E-state index is -3.00. The molecule has 1 saturated carbocycles. The Balaban J connectivity index is 2.69. The lowest BCUT2D eigenvalue weighted by atomic mass is 9.70. The number of carboxylic acid groups (broad SMARTS) is 1. The number of hydrogen-bond acceptors (Lipinski definition) is 3. The van der Waals surface area contributed by atoms with Gasteiger partial charge in [0.05, 0.1) is 11.7 Å². The first-order chi connectivity index (χ1) is 8.76. The molecule has 1 aliphatic carbocycles. The van der Waals surface area contributed by atoms with Crippen LogP contribution in [0, 0.1) is 23.7 Å². The standard InChI is InChI=1S/C14H26O4S/c1-4-19(17,18)8-7-12-9-11(10(2)3)5-6-13(12)14(15)16/h10-13H,4-9H2,1-3H3,(H,15,16). The summed E-state index contributed by atoms with van der Waals surface area (Å²) in [7, 11) is -3.00. The molecule has 0 radical (unpaired) electrons. The summed E-state index contributed by atoms with van der Waals surface area (Å²) < 4.78 is 23.2. The largest absolute Gasteiger partial charge is 0.481 e. The summed E-state index contributed by atoms with van der Waals surface area (Å²) in [6.45, 7) is 5.96. The number of carboxylic acids is 1. The van der Waals surface area contributed by atoms with Gasteiger partial charge in [-0.2, -0.15) is 0 Å². The topological polar surface area (TPSA) is 71.4 Å². The molecule has 1 aliphatic rings. The van der Waals surface area contributed by atoms with Crippen LogP contribution < -0.4 is 0 Å². The van der Waals surface area contributed by atoms with Crippen molar-refractivity contribution in [1.29, 1.82) is 0 Å². The molecule has 1 fully saturated rings. The van der Waals surface area contributed by atoms with Gasteiger partial charge in [0.2, 0.25) is 0 Å². The predicted molar refractivity (Wildman–Crippen MR) is 75.7 cm³/mol. The minimum absolute atomic E-state index is 0.0139. The molecular weight excluding hydrogens is 264 g/mol. The van der Waals surface area contributed by atoms with Gasteiger partial charge >= 0.3 is 5.97 Å². The summed E-state index contributed by atoms with van der Waals surface area (Å²) in [4.78, 5) is 11.3. The normalized spacial score (nSPS) is 28.5. The Hall–Kier alpha value is -0.580. The van der Waals surface area contributed by atoms with Crippen LogP contribution in [0.1, 0.15) is 46.5 Å². The fraction of sp³-hybridized carbons (Fsp3) is 0.929. The highest BCUT2D eigenvalue weighted by Gasteiger charge is 2.36. The van der Waals surface area contributed by atoms with Gasteiger partial charge in [0.25, 0.3) is 0 Å². The average Bonchev–Trinajstić information content (AvgIpc) is 2.35. The Bertz CT molecular complexity index is 400. The number of carbonyl (C=O) groups is 1. The summed E-state index contributed by atoms with van der Waals surface area (Å²) in [5, 5.41) is 9.27. The fourth-order valence-electron chi connectivity index (χ4n) is 3.03. The Morgan fingerprint density at radius 3 is 2.42 bits per heavy atom. The molecule has 0 aliphatic heterocycles. The second-order valence-corrected chi connectivity index (χ2v) is 8.52. The van der Waals surface area contributed by atoms with Crippen molar-refractivity contribution >= 4 is 15.8 Å². The molecule has 3 unspecified atom stereocenters. The second-order valence-electron chi connectivity index (χ2n) is 6.05. The number of aliphatic carboxylic acids is 1. The van der Waals surface area contributed by atoms with E-state index in [0.717, 1.165) is 12.8 Å². The SMILES string of the molecule is CCS(=O)(=O)CCC1CC(C(C)C)CCC1C(=O)O. The molecule has 0 amide bonds. The van der Waals surface area contributed by atoms with Crippen molar-refractivity contribution in [3.05, 3.63) is 0 Å². The van der Waals surface area contributed by atoms with Crippen LogP contribution in [0.3, 0.4) is 0 Å². The van der Waals surface area contributed by atoms with Crippen LogP contribution in [0.25, 0.3) is 0 Å². The molecule has 0 spiro atoms. The monoisotopic (exact) mass is 290 g/mol. The van der Waals surface area contributed by atoms with Crippen LogP contribution in [0.4, 0.5) is 0 Å². The summed E-state index contributed by atoms with van der Waals surface area (Å²) in [6, 6.07) is 0.